The fourth-order valence-electron chi connectivity index (χ4n) is 0. The quantitative estimate of drug-likeness (QED) is 0.342. The Morgan fingerprint density at radius 1 is 1.75 bits per heavy atom. The zero-order chi connectivity index (χ0) is 2.71. The molecule has 0 amide bonds. The molecule has 0 aliphatic heterocycles. The van der Waals surface area contributed by atoms with Crippen LogP contribution in [0.4, 0.5) is 0 Å². The van der Waals surface area contributed by atoms with Crippen LogP contribution < -0.4 is 0 Å². The minimum absolute atomic E-state index is 0. The van der Waals surface area contributed by atoms with Gasteiger partial charge in [0.2, 0.25) is 0 Å². The molecular formula is HClFeNO. The van der Waals surface area contributed by atoms with Crippen molar-refractivity contribution in [3.8, 4) is 0 Å². The van der Waals surface area contributed by atoms with Crippen LogP contribution in [0.5, 0.6) is 0 Å². The molecule has 0 aliphatic rings. The van der Waals surface area contributed by atoms with Crippen molar-refractivity contribution in [1.82, 2.24) is 0 Å². The first kappa shape index (κ1) is 8.83. The summed E-state index contributed by atoms with van der Waals surface area (Å²) in [6, 6.07) is 0. The second-order valence-corrected chi connectivity index (χ2v) is 0.266. The number of nitroso groups, excluding NO2 is 1. The summed E-state index contributed by atoms with van der Waals surface area (Å²) >= 11 is 2.56. The van der Waals surface area contributed by atoms with Crippen molar-refractivity contribution in [2.45, 2.75) is 0 Å². The van der Waals surface area contributed by atoms with E-state index in [2.05, 4.69) is 16.2 Å². The zero-order valence-corrected chi connectivity index (χ0v) is 3.54. The second-order valence-electron chi connectivity index (χ2n) is 0.0645. The van der Waals surface area contributed by atoms with Gasteiger partial charge in [0.05, 0.1) is 0 Å². The molecule has 0 fully saturated rings. The molecule has 0 bridgehead atoms. The van der Waals surface area contributed by atoms with Crippen LogP contribution in [0, 0.1) is 4.91 Å². The Bertz CT molecular complexity index is 15.5. The van der Waals surface area contributed by atoms with E-state index in [1.54, 1.807) is 0 Å². The Labute approximate surface area is 38.4 Å². The summed E-state index contributed by atoms with van der Waals surface area (Å²) in [6.07, 6.45) is 0. The predicted molar refractivity (Wildman–Crippen MR) is 13.0 cm³/mol. The number of halogens is 1. The van der Waals surface area contributed by atoms with Gasteiger partial charge >= 0.3 is 25.3 Å². The van der Waals surface area contributed by atoms with Gasteiger partial charge in [0.25, 0.3) is 0 Å². The van der Waals surface area contributed by atoms with Crippen LogP contribution in [0.25, 0.3) is 0 Å². The zero-order valence-electron chi connectivity index (χ0n) is 1.62. The van der Waals surface area contributed by atoms with Crippen molar-refractivity contribution in [2.75, 3.05) is 0 Å². The van der Waals surface area contributed by atoms with Crippen LogP contribution in [0.15, 0.2) is 4.19 Å². The first-order valence-corrected chi connectivity index (χ1v) is 0.834. The Morgan fingerprint density at radius 3 is 1.75 bits per heavy atom. The third-order valence-corrected chi connectivity index (χ3v) is 0. The third kappa shape index (κ3) is 28.5. The van der Waals surface area contributed by atoms with Gasteiger partial charge in [-0.3, -0.25) is 0 Å². The normalized spacial score (nSPS) is 3.25. The third-order valence-electron chi connectivity index (χ3n) is 0. The molecule has 0 saturated carbocycles. The van der Waals surface area contributed by atoms with Crippen LogP contribution in [-0.4, -0.2) is 0 Å². The molecule has 0 unspecified atom stereocenters. The maximum atomic E-state index is 8.44. The minimum atomic E-state index is 0. The molecule has 0 heterocycles. The molecule has 0 aliphatic carbocycles. The van der Waals surface area contributed by atoms with Crippen LogP contribution in [0.1, 0.15) is 0 Å². The van der Waals surface area contributed by atoms with E-state index < -0.39 is 0 Å². The summed E-state index contributed by atoms with van der Waals surface area (Å²) in [5, 5.41) is 0. The van der Waals surface area contributed by atoms with Crippen LogP contribution in [-0.2, 0) is 16.2 Å². The van der Waals surface area contributed by atoms with Gasteiger partial charge in [-0.2, -0.15) is 0 Å². The Hall–Kier alpha value is 0.409. The van der Waals surface area contributed by atoms with Gasteiger partial charge in [0, 0.05) is 0 Å². The van der Waals surface area contributed by atoms with Gasteiger partial charge in [-0.1, -0.05) is 0 Å². The summed E-state index contributed by atoms with van der Waals surface area (Å²) in [5.41, 5.74) is 0. The summed E-state index contributed by atoms with van der Waals surface area (Å²) in [5.74, 6) is 0. The van der Waals surface area contributed by atoms with Crippen molar-refractivity contribution in [3.05, 3.63) is 4.91 Å². The second kappa shape index (κ2) is 9.96. The maximum absolute atomic E-state index is 8.44. The fraction of sp³-hybridized carbons (Fsp3) is 0. The SMILES string of the molecule is Cl.O=[N][Fe]. The number of hydrogen-bond donors (Lipinski definition) is 0. The molecule has 27 valence electrons. The Morgan fingerprint density at radius 2 is 1.75 bits per heavy atom. The van der Waals surface area contributed by atoms with Crippen LogP contribution in [0.2, 0.25) is 0 Å². The van der Waals surface area contributed by atoms with Crippen molar-refractivity contribution < 1.29 is 16.2 Å². The summed E-state index contributed by atoms with van der Waals surface area (Å²) in [7, 11) is 0. The van der Waals surface area contributed by atoms with Crippen LogP contribution >= 0.6 is 12.4 Å². The van der Waals surface area contributed by atoms with Gasteiger partial charge in [-0.05, 0) is 0 Å². The standard InChI is InChI=1S/ClH.Fe.NO/c;;1-2/h1H;;/q;+1;-1. The van der Waals surface area contributed by atoms with Crippen molar-refractivity contribution >= 4 is 12.4 Å². The molecule has 4 heteroatoms. The Balaban J connectivity index is 0. The molecule has 0 atom stereocenters. The summed E-state index contributed by atoms with van der Waals surface area (Å²) in [6.45, 7) is 0. The van der Waals surface area contributed by atoms with E-state index in [0.29, 0.717) is 0 Å². The van der Waals surface area contributed by atoms with Gasteiger partial charge in [0.15, 0.2) is 0 Å². The molecule has 0 radical (unpaired) electrons. The molecule has 0 N–H and O–H groups in total. The molecule has 0 saturated heterocycles. The van der Waals surface area contributed by atoms with Crippen molar-refractivity contribution in [2.24, 2.45) is 4.19 Å². The predicted octanol–water partition coefficient (Wildman–Crippen LogP) is 0.636. The summed E-state index contributed by atoms with van der Waals surface area (Å²) < 4.78 is 2.00. The van der Waals surface area contributed by atoms with E-state index in [-0.39, 0.29) is 12.4 Å². The van der Waals surface area contributed by atoms with E-state index in [1.165, 1.54) is 0 Å². The number of hydrogen-bond acceptors (Lipinski definition) is 2. The molecule has 4 heavy (non-hydrogen) atoms. The van der Waals surface area contributed by atoms with E-state index >= 15 is 0 Å². The Kier molecular flexibility index (Phi) is 22.0. The number of nitrogens with zero attached hydrogens (tertiary/aromatic N) is 1. The van der Waals surface area contributed by atoms with Crippen LogP contribution in [0.3, 0.4) is 0 Å². The van der Waals surface area contributed by atoms with E-state index in [1.807, 2.05) is 4.19 Å². The molecule has 0 aromatic rings. The van der Waals surface area contributed by atoms with Gasteiger partial charge in [0.1, 0.15) is 0 Å². The molecular weight excluding hydrogens is 121 g/mol. The molecule has 0 aromatic carbocycles. The topological polar surface area (TPSA) is 29.4 Å². The average molecular weight is 122 g/mol. The first-order valence-electron chi connectivity index (χ1n) is 0.341. The monoisotopic (exact) mass is 122 g/mol. The van der Waals surface area contributed by atoms with E-state index in [4.69, 9.17) is 4.91 Å². The van der Waals surface area contributed by atoms with Crippen molar-refractivity contribution in [1.29, 1.82) is 0 Å². The summed E-state index contributed by atoms with van der Waals surface area (Å²) in [4.78, 5) is 8.44. The number of rotatable bonds is 0. The van der Waals surface area contributed by atoms with Gasteiger partial charge in [-0.25, -0.2) is 0 Å². The average Bonchev–Trinajstić information content (AvgIpc) is 0.918. The molecule has 0 spiro atoms. The van der Waals surface area contributed by atoms with E-state index in [9.17, 15) is 0 Å². The fourth-order valence-corrected chi connectivity index (χ4v) is 0. The molecule has 0 rings (SSSR count). The molecule has 0 aromatic heterocycles. The van der Waals surface area contributed by atoms with Gasteiger partial charge in [-0.15, -0.1) is 12.4 Å². The van der Waals surface area contributed by atoms with E-state index in [0.717, 1.165) is 0 Å². The van der Waals surface area contributed by atoms with Gasteiger partial charge < -0.3 is 0 Å². The van der Waals surface area contributed by atoms with Crippen molar-refractivity contribution in [3.63, 3.8) is 0 Å². The first-order chi connectivity index (χ1) is 1.41. The molecule has 2 nitrogen and oxygen atoms in total.